The summed E-state index contributed by atoms with van der Waals surface area (Å²) in [5, 5.41) is 0. The Kier molecular flexibility index (Phi) is 6.66. The Morgan fingerprint density at radius 1 is 1.06 bits per heavy atom. The zero-order valence-electron chi connectivity index (χ0n) is 19.4. The van der Waals surface area contributed by atoms with Crippen LogP contribution < -0.4 is 4.74 Å². The van der Waals surface area contributed by atoms with Gasteiger partial charge in [-0.2, -0.15) is 13.2 Å². The predicted octanol–water partition coefficient (Wildman–Crippen LogP) is 5.46. The molecule has 0 saturated carbocycles. The number of ether oxygens (including phenoxy) is 1. The van der Waals surface area contributed by atoms with E-state index in [0.29, 0.717) is 48.7 Å². The van der Waals surface area contributed by atoms with Gasteiger partial charge < -0.3 is 9.64 Å². The number of nitrogens with zero attached hydrogens (tertiary/aromatic N) is 3. The molecule has 5 nitrogen and oxygen atoms in total. The van der Waals surface area contributed by atoms with Gasteiger partial charge in [-0.1, -0.05) is 24.3 Å². The van der Waals surface area contributed by atoms with E-state index in [2.05, 4.69) is 9.88 Å². The van der Waals surface area contributed by atoms with E-state index in [1.807, 2.05) is 6.07 Å². The van der Waals surface area contributed by atoms with Crippen LogP contribution in [0.15, 0.2) is 60.8 Å². The van der Waals surface area contributed by atoms with Crippen molar-refractivity contribution >= 4 is 6.41 Å². The number of amides is 1. The number of carbonyl (C=O) groups is 1. The molecule has 2 aliphatic rings. The summed E-state index contributed by atoms with van der Waals surface area (Å²) in [6.07, 6.45) is -0.365. The smallest absolute Gasteiger partial charge is 0.416 e. The molecule has 188 valence electrons. The fraction of sp³-hybridized carbons (Fsp3) is 0.333. The molecular weight excluding hydrogens is 474 g/mol. The van der Waals surface area contributed by atoms with E-state index in [9.17, 15) is 22.4 Å². The van der Waals surface area contributed by atoms with Gasteiger partial charge in [-0.25, -0.2) is 4.39 Å². The van der Waals surface area contributed by atoms with Crippen LogP contribution in [0.4, 0.5) is 17.6 Å². The first-order chi connectivity index (χ1) is 17.3. The van der Waals surface area contributed by atoms with Crippen molar-refractivity contribution in [1.29, 1.82) is 0 Å². The lowest BCUT2D eigenvalue weighted by atomic mass is 10.0. The summed E-state index contributed by atoms with van der Waals surface area (Å²) in [5.74, 6) is 0.249. The third kappa shape index (κ3) is 5.21. The van der Waals surface area contributed by atoms with Crippen molar-refractivity contribution in [2.24, 2.45) is 0 Å². The molecule has 36 heavy (non-hydrogen) atoms. The monoisotopic (exact) mass is 499 g/mol. The molecule has 1 unspecified atom stereocenters. The fourth-order valence-corrected chi connectivity index (χ4v) is 4.80. The standard InChI is InChI=1S/C27H25F4N3O2/c28-24-12-19(5-9-23(24)26-2-1-11-34(26)17-35)25-10-8-21(13-32-25)36-22-15-33(16-22)14-18-3-6-20(7-4-18)27(29,30)31/h3-10,12-13,17,22,26H,1-2,11,14-16H2. The molecule has 5 rings (SSSR count). The van der Waals surface area contributed by atoms with Gasteiger partial charge in [-0.3, -0.25) is 14.7 Å². The second-order valence-electron chi connectivity index (χ2n) is 9.25. The van der Waals surface area contributed by atoms with Gasteiger partial charge in [0.25, 0.3) is 0 Å². The number of carbonyl (C=O) groups excluding carboxylic acids is 1. The summed E-state index contributed by atoms with van der Waals surface area (Å²) in [6, 6.07) is 13.5. The third-order valence-electron chi connectivity index (χ3n) is 6.74. The molecule has 0 bridgehead atoms. The summed E-state index contributed by atoms with van der Waals surface area (Å²) in [7, 11) is 0. The van der Waals surface area contributed by atoms with E-state index in [1.54, 1.807) is 29.3 Å². The van der Waals surface area contributed by atoms with E-state index in [4.69, 9.17) is 4.74 Å². The van der Waals surface area contributed by atoms with E-state index in [0.717, 1.165) is 36.9 Å². The lowest BCUT2D eigenvalue weighted by molar-refractivity contribution is -0.137. The maximum Gasteiger partial charge on any atom is 0.416 e. The minimum Gasteiger partial charge on any atom is -0.486 e. The van der Waals surface area contributed by atoms with E-state index < -0.39 is 11.7 Å². The highest BCUT2D eigenvalue weighted by atomic mass is 19.4. The van der Waals surface area contributed by atoms with Gasteiger partial charge in [0.2, 0.25) is 6.41 Å². The van der Waals surface area contributed by atoms with Crippen LogP contribution in [0.25, 0.3) is 11.3 Å². The SMILES string of the molecule is O=CN1CCCC1c1ccc(-c2ccc(OC3CN(Cc4ccc(C(F)(F)F)cc4)C3)cn2)cc1F. The first-order valence-electron chi connectivity index (χ1n) is 11.8. The number of halogens is 4. The van der Waals surface area contributed by atoms with Gasteiger partial charge in [0.15, 0.2) is 0 Å². The van der Waals surface area contributed by atoms with Gasteiger partial charge in [0.05, 0.1) is 23.5 Å². The Morgan fingerprint density at radius 2 is 1.83 bits per heavy atom. The van der Waals surface area contributed by atoms with Crippen molar-refractivity contribution in [2.75, 3.05) is 19.6 Å². The van der Waals surface area contributed by atoms with Crippen molar-refractivity contribution in [3.63, 3.8) is 0 Å². The third-order valence-corrected chi connectivity index (χ3v) is 6.74. The van der Waals surface area contributed by atoms with Crippen molar-refractivity contribution in [2.45, 2.75) is 37.7 Å². The maximum absolute atomic E-state index is 14.8. The van der Waals surface area contributed by atoms with Gasteiger partial charge in [0, 0.05) is 37.3 Å². The average molecular weight is 500 g/mol. The molecule has 1 amide bonds. The van der Waals surface area contributed by atoms with E-state index in [1.165, 1.54) is 18.2 Å². The average Bonchev–Trinajstić information content (AvgIpc) is 3.31. The molecule has 0 spiro atoms. The molecule has 2 saturated heterocycles. The molecule has 2 aliphatic heterocycles. The molecule has 2 fully saturated rings. The molecular formula is C27H25F4N3O2. The summed E-state index contributed by atoms with van der Waals surface area (Å²) >= 11 is 0. The quantitative estimate of drug-likeness (QED) is 0.320. The minimum absolute atomic E-state index is 0.0315. The van der Waals surface area contributed by atoms with Gasteiger partial charge in [-0.05, 0) is 48.7 Å². The normalized spacial score (nSPS) is 18.8. The zero-order valence-corrected chi connectivity index (χ0v) is 19.4. The number of benzene rings is 2. The Balaban J connectivity index is 1.14. The molecule has 0 aliphatic carbocycles. The molecule has 2 aromatic carbocycles. The molecule has 0 radical (unpaired) electrons. The number of pyridine rings is 1. The van der Waals surface area contributed by atoms with Gasteiger partial charge in [0.1, 0.15) is 17.7 Å². The van der Waals surface area contributed by atoms with Crippen molar-refractivity contribution in [3.8, 4) is 17.0 Å². The summed E-state index contributed by atoms with van der Waals surface area (Å²) < 4.78 is 58.8. The van der Waals surface area contributed by atoms with Crippen LogP contribution in [0.3, 0.4) is 0 Å². The number of hydrogen-bond donors (Lipinski definition) is 0. The zero-order chi connectivity index (χ0) is 25.3. The Morgan fingerprint density at radius 3 is 2.47 bits per heavy atom. The van der Waals surface area contributed by atoms with Crippen molar-refractivity contribution < 1.29 is 27.1 Å². The highest BCUT2D eigenvalue weighted by Crippen LogP contribution is 2.34. The number of alkyl halides is 3. The lowest BCUT2D eigenvalue weighted by Crippen LogP contribution is -2.53. The first kappa shape index (κ1) is 24.2. The number of rotatable bonds is 7. The van der Waals surface area contributed by atoms with Crippen LogP contribution in [0.5, 0.6) is 5.75 Å². The topological polar surface area (TPSA) is 45.7 Å². The summed E-state index contributed by atoms with van der Waals surface area (Å²) in [4.78, 5) is 19.3. The first-order valence-corrected chi connectivity index (χ1v) is 11.8. The van der Waals surface area contributed by atoms with Crippen LogP contribution in [0, 0.1) is 5.82 Å². The van der Waals surface area contributed by atoms with Crippen LogP contribution in [-0.4, -0.2) is 46.9 Å². The Hall–Kier alpha value is -3.46. The number of likely N-dealkylation sites (tertiary alicyclic amines) is 2. The molecule has 1 aromatic heterocycles. The number of aromatic nitrogens is 1. The highest BCUT2D eigenvalue weighted by molar-refractivity contribution is 5.60. The molecule has 1 atom stereocenters. The minimum atomic E-state index is -4.33. The second-order valence-corrected chi connectivity index (χ2v) is 9.25. The van der Waals surface area contributed by atoms with Crippen LogP contribution >= 0.6 is 0 Å². The fourth-order valence-electron chi connectivity index (χ4n) is 4.80. The molecule has 3 aromatic rings. The van der Waals surface area contributed by atoms with E-state index >= 15 is 0 Å². The van der Waals surface area contributed by atoms with Crippen molar-refractivity contribution in [3.05, 3.63) is 83.3 Å². The van der Waals surface area contributed by atoms with Crippen LogP contribution in [0.2, 0.25) is 0 Å². The molecule has 9 heteroatoms. The predicted molar refractivity (Wildman–Crippen MR) is 126 cm³/mol. The molecule has 3 heterocycles. The second kappa shape index (κ2) is 9.89. The number of hydrogen-bond acceptors (Lipinski definition) is 4. The highest BCUT2D eigenvalue weighted by Gasteiger charge is 2.31. The van der Waals surface area contributed by atoms with Gasteiger partial charge >= 0.3 is 6.18 Å². The lowest BCUT2D eigenvalue weighted by Gasteiger charge is -2.39. The maximum atomic E-state index is 14.8. The van der Waals surface area contributed by atoms with Crippen LogP contribution in [-0.2, 0) is 17.5 Å². The van der Waals surface area contributed by atoms with E-state index in [-0.39, 0.29) is 18.0 Å². The van der Waals surface area contributed by atoms with Crippen LogP contribution in [0.1, 0.15) is 35.6 Å². The Labute approximate surface area is 206 Å². The Bertz CT molecular complexity index is 1210. The summed E-state index contributed by atoms with van der Waals surface area (Å²) in [6.45, 7) is 2.53. The largest absolute Gasteiger partial charge is 0.486 e. The van der Waals surface area contributed by atoms with Crippen molar-refractivity contribution in [1.82, 2.24) is 14.8 Å². The summed E-state index contributed by atoms with van der Waals surface area (Å²) in [5.41, 5.74) is 1.95. The molecule has 0 N–H and O–H groups in total. The van der Waals surface area contributed by atoms with Gasteiger partial charge in [-0.15, -0.1) is 0 Å².